The molecule has 0 aliphatic heterocycles. The van der Waals surface area contributed by atoms with Crippen molar-refractivity contribution >= 4 is 36.2 Å². The summed E-state index contributed by atoms with van der Waals surface area (Å²) in [5.41, 5.74) is 3.03. The number of ether oxygens (including phenoxy) is 1. The smallest absolute Gasteiger partial charge is 0.408 e. The number of nitrogens with one attached hydrogen (secondary N) is 3. The molecule has 10 nitrogen and oxygen atoms in total. The van der Waals surface area contributed by atoms with Gasteiger partial charge in [0.25, 0.3) is 0 Å². The molecular weight excluding hydrogens is 557 g/mol. The van der Waals surface area contributed by atoms with Gasteiger partial charge in [0.05, 0.1) is 0 Å². The second-order valence-corrected chi connectivity index (χ2v) is 12.7. The van der Waals surface area contributed by atoms with Crippen LogP contribution in [-0.2, 0) is 38.3 Å². The summed E-state index contributed by atoms with van der Waals surface area (Å²) >= 11 is 0. The molecule has 0 aliphatic carbocycles. The van der Waals surface area contributed by atoms with E-state index >= 15 is 0 Å². The number of aromatic nitrogens is 1. The van der Waals surface area contributed by atoms with E-state index in [2.05, 4.69) is 15.6 Å². The number of carbonyl (C=O) groups is 3. The summed E-state index contributed by atoms with van der Waals surface area (Å²) in [7, 11) is -4.21. The Bertz CT molecular complexity index is 1560. The fourth-order valence-electron chi connectivity index (χ4n) is 4.67. The molecule has 0 aliphatic rings. The highest BCUT2D eigenvalue weighted by atomic mass is 31.2. The van der Waals surface area contributed by atoms with Gasteiger partial charge in [-0.05, 0) is 22.8 Å². The zero-order valence-electron chi connectivity index (χ0n) is 23.1. The van der Waals surface area contributed by atoms with Gasteiger partial charge in [-0.25, -0.2) is 9.59 Å². The van der Waals surface area contributed by atoms with E-state index in [-0.39, 0.29) is 19.4 Å². The molecule has 11 heteroatoms. The van der Waals surface area contributed by atoms with Crippen molar-refractivity contribution in [2.45, 2.75) is 38.2 Å². The molecule has 4 rings (SSSR count). The number of hydrogen-bond donors (Lipinski definition) is 5. The van der Waals surface area contributed by atoms with E-state index in [9.17, 15) is 28.9 Å². The van der Waals surface area contributed by atoms with Crippen LogP contribution in [0.2, 0.25) is 0 Å². The second-order valence-electron chi connectivity index (χ2n) is 10.2. The van der Waals surface area contributed by atoms with Crippen molar-refractivity contribution in [2.24, 2.45) is 5.92 Å². The third-order valence-corrected chi connectivity index (χ3v) is 9.31. The zero-order chi connectivity index (χ0) is 30.1. The summed E-state index contributed by atoms with van der Waals surface area (Å²) < 4.78 is 18.9. The first-order valence-corrected chi connectivity index (χ1v) is 15.4. The SMILES string of the molecule is C[C@H](CP(=O)(O)[C@H](Cc1ccccc1)NC(=O)OCc1ccccc1)C(=O)N[C@@H](Cc1c[nH]c2ccccc12)C(=O)O. The Morgan fingerprint density at radius 3 is 2.17 bits per heavy atom. The van der Waals surface area contributed by atoms with E-state index in [1.165, 1.54) is 6.92 Å². The highest BCUT2D eigenvalue weighted by Gasteiger charge is 2.37. The van der Waals surface area contributed by atoms with E-state index in [0.717, 1.165) is 22.0 Å². The van der Waals surface area contributed by atoms with Crippen LogP contribution < -0.4 is 10.6 Å². The van der Waals surface area contributed by atoms with Gasteiger partial charge in [-0.2, -0.15) is 0 Å². The topological polar surface area (TPSA) is 158 Å². The van der Waals surface area contributed by atoms with Gasteiger partial charge in [0, 0.05) is 42.0 Å². The average Bonchev–Trinajstić information content (AvgIpc) is 3.39. The molecule has 0 fully saturated rings. The molecule has 1 heterocycles. The largest absolute Gasteiger partial charge is 0.480 e. The molecule has 3 aromatic carbocycles. The lowest BCUT2D eigenvalue weighted by atomic mass is 10.0. The number of alkyl carbamates (subject to hydrolysis) is 1. The standard InChI is InChI=1S/C31H34N3O7P/c1-21(29(35)33-27(30(36)37)17-24-18-32-26-15-9-8-14-25(24)26)20-42(39,40)28(16-22-10-4-2-5-11-22)34-31(38)41-19-23-12-6-3-7-13-23/h2-15,18,21,27-28,32H,16-17,19-20H2,1H3,(H,33,35)(H,34,38)(H,36,37)(H,39,40)/t21-,27+,28-/m1/s1. The molecular formula is C31H34N3O7P. The molecule has 5 N–H and O–H groups in total. The number of aliphatic carboxylic acids is 1. The zero-order valence-corrected chi connectivity index (χ0v) is 24.0. The number of fused-ring (bicyclic) bond motifs is 1. The molecule has 0 saturated carbocycles. The predicted molar refractivity (Wildman–Crippen MR) is 159 cm³/mol. The summed E-state index contributed by atoms with van der Waals surface area (Å²) in [6.07, 6.45) is 0.418. The number of carbonyl (C=O) groups excluding carboxylic acids is 2. The number of benzene rings is 3. The van der Waals surface area contributed by atoms with Crippen LogP contribution in [-0.4, -0.2) is 50.9 Å². The number of amides is 2. The number of hydrogen-bond acceptors (Lipinski definition) is 5. The van der Waals surface area contributed by atoms with Gasteiger partial charge >= 0.3 is 12.1 Å². The van der Waals surface area contributed by atoms with Gasteiger partial charge in [0.2, 0.25) is 13.3 Å². The number of aromatic amines is 1. The third kappa shape index (κ3) is 8.31. The molecule has 0 radical (unpaired) electrons. The van der Waals surface area contributed by atoms with Gasteiger partial charge in [0.1, 0.15) is 18.4 Å². The van der Waals surface area contributed by atoms with Crippen LogP contribution >= 0.6 is 7.37 Å². The Hall–Kier alpha value is -4.40. The maximum absolute atomic E-state index is 13.7. The maximum atomic E-state index is 13.7. The number of H-pyrrole nitrogens is 1. The Labute approximate surface area is 243 Å². The highest BCUT2D eigenvalue weighted by molar-refractivity contribution is 7.58. The lowest BCUT2D eigenvalue weighted by molar-refractivity contribution is -0.142. The van der Waals surface area contributed by atoms with E-state index in [4.69, 9.17) is 4.74 Å². The average molecular weight is 592 g/mol. The molecule has 1 aromatic heterocycles. The highest BCUT2D eigenvalue weighted by Crippen LogP contribution is 2.48. The van der Waals surface area contributed by atoms with Crippen LogP contribution in [0.5, 0.6) is 0 Å². The Morgan fingerprint density at radius 1 is 0.881 bits per heavy atom. The van der Waals surface area contributed by atoms with Crippen molar-refractivity contribution < 1.29 is 33.7 Å². The Morgan fingerprint density at radius 2 is 1.50 bits per heavy atom. The quantitative estimate of drug-likeness (QED) is 0.141. The molecule has 1 unspecified atom stereocenters. The van der Waals surface area contributed by atoms with Crippen LogP contribution in [0.1, 0.15) is 23.6 Å². The van der Waals surface area contributed by atoms with Gasteiger partial charge in [-0.15, -0.1) is 0 Å². The minimum atomic E-state index is -4.21. The van der Waals surface area contributed by atoms with Gasteiger partial charge in [-0.3, -0.25) is 9.36 Å². The molecule has 0 bridgehead atoms. The number of carboxylic acids is 1. The van der Waals surface area contributed by atoms with Gasteiger partial charge in [0.15, 0.2) is 0 Å². The van der Waals surface area contributed by atoms with Crippen LogP contribution in [0.25, 0.3) is 10.9 Å². The Balaban J connectivity index is 1.43. The summed E-state index contributed by atoms with van der Waals surface area (Å²) in [4.78, 5) is 51.9. The fourth-order valence-corrected chi connectivity index (χ4v) is 6.68. The van der Waals surface area contributed by atoms with E-state index < -0.39 is 49.2 Å². The van der Waals surface area contributed by atoms with Crippen LogP contribution in [0, 0.1) is 5.92 Å². The van der Waals surface area contributed by atoms with Gasteiger partial charge in [-0.1, -0.05) is 85.8 Å². The third-order valence-electron chi connectivity index (χ3n) is 6.95. The lowest BCUT2D eigenvalue weighted by Crippen LogP contribution is -2.45. The minimum absolute atomic E-state index is 0.0216. The van der Waals surface area contributed by atoms with Crippen LogP contribution in [0.3, 0.4) is 0 Å². The Kier molecular flexibility index (Phi) is 10.2. The molecule has 0 saturated heterocycles. The van der Waals surface area contributed by atoms with Crippen molar-refractivity contribution in [3.8, 4) is 0 Å². The monoisotopic (exact) mass is 591 g/mol. The molecule has 220 valence electrons. The summed E-state index contributed by atoms with van der Waals surface area (Å²) in [6.45, 7) is 1.43. The van der Waals surface area contributed by atoms with Crippen molar-refractivity contribution in [3.63, 3.8) is 0 Å². The molecule has 2 amide bonds. The van der Waals surface area contributed by atoms with Crippen molar-refractivity contribution in [2.75, 3.05) is 6.16 Å². The molecule has 0 spiro atoms. The van der Waals surface area contributed by atoms with Gasteiger partial charge < -0.3 is 30.4 Å². The van der Waals surface area contributed by atoms with Crippen molar-refractivity contribution in [1.29, 1.82) is 0 Å². The summed E-state index contributed by atoms with van der Waals surface area (Å²) in [5.74, 6) is -4.16. The summed E-state index contributed by atoms with van der Waals surface area (Å²) in [6, 6.07) is 24.1. The number of carboxylic acid groups (broad SMARTS) is 1. The lowest BCUT2D eigenvalue weighted by Gasteiger charge is -2.26. The van der Waals surface area contributed by atoms with E-state index in [1.807, 2.05) is 30.3 Å². The van der Waals surface area contributed by atoms with Crippen LogP contribution in [0.15, 0.2) is 91.1 Å². The first-order chi connectivity index (χ1) is 20.1. The molecule has 42 heavy (non-hydrogen) atoms. The molecule has 4 atom stereocenters. The van der Waals surface area contributed by atoms with Crippen molar-refractivity contribution in [3.05, 3.63) is 108 Å². The normalized spacial score (nSPS) is 14.7. The first kappa shape index (κ1) is 30.6. The predicted octanol–water partition coefficient (Wildman–Crippen LogP) is 4.68. The van der Waals surface area contributed by atoms with Crippen molar-refractivity contribution in [1.82, 2.24) is 15.6 Å². The number of para-hydroxylation sites is 1. The minimum Gasteiger partial charge on any atom is -0.480 e. The molecule has 4 aromatic rings. The second kappa shape index (κ2) is 14.0. The van der Waals surface area contributed by atoms with E-state index in [0.29, 0.717) is 5.56 Å². The first-order valence-electron chi connectivity index (χ1n) is 13.5. The fraction of sp³-hybridized carbons (Fsp3) is 0.258. The number of rotatable bonds is 13. The van der Waals surface area contributed by atoms with Crippen LogP contribution in [0.4, 0.5) is 4.79 Å². The van der Waals surface area contributed by atoms with E-state index in [1.54, 1.807) is 60.8 Å². The summed E-state index contributed by atoms with van der Waals surface area (Å²) in [5, 5.41) is 15.7. The maximum Gasteiger partial charge on any atom is 0.408 e.